The van der Waals surface area contributed by atoms with E-state index in [1.807, 2.05) is 0 Å². The van der Waals surface area contributed by atoms with Gasteiger partial charge in [0.25, 0.3) is 5.69 Å². The van der Waals surface area contributed by atoms with E-state index in [1.165, 1.54) is 24.3 Å². The van der Waals surface area contributed by atoms with Crippen molar-refractivity contribution < 1.29 is 14.2 Å². The molecule has 14 heavy (non-hydrogen) atoms. The van der Waals surface area contributed by atoms with Gasteiger partial charge in [0.05, 0.1) is 28.1 Å². The van der Waals surface area contributed by atoms with Crippen LogP contribution in [0.3, 0.4) is 0 Å². The number of nitro groups is 1. The number of hydrogen-bond donors (Lipinski definition) is 1. The summed E-state index contributed by atoms with van der Waals surface area (Å²) in [4.78, 5) is 10.3. The molecule has 0 bridgehead atoms. The molecule has 1 rings (SSSR count). The predicted molar refractivity (Wildman–Crippen MR) is 51.5 cm³/mol. The van der Waals surface area contributed by atoms with E-state index in [9.17, 15) is 14.3 Å². The minimum absolute atomic E-state index is 0.0326. The zero-order valence-corrected chi connectivity index (χ0v) is 8.07. The van der Waals surface area contributed by atoms with Crippen molar-refractivity contribution in [3.05, 3.63) is 34.4 Å². The lowest BCUT2D eigenvalue weighted by atomic mass is 10.3. The minimum atomic E-state index is -1.28. The summed E-state index contributed by atoms with van der Waals surface area (Å²) in [5.41, 5.74) is -0.0326. The highest BCUT2D eigenvalue weighted by Crippen LogP contribution is 2.14. The second kappa shape index (κ2) is 4.83. The lowest BCUT2D eigenvalue weighted by Gasteiger charge is -1.98. The molecular weight excluding hydrogens is 206 g/mol. The summed E-state index contributed by atoms with van der Waals surface area (Å²) < 4.78 is 11.3. The largest absolute Gasteiger partial charge is 0.395 e. The number of aliphatic hydroxyl groups excluding tert-OH is 1. The number of nitro benzene ring substituents is 1. The highest BCUT2D eigenvalue weighted by atomic mass is 32.2. The number of aliphatic hydroxyl groups is 1. The number of nitrogens with zero attached hydrogens (tertiary/aromatic N) is 1. The van der Waals surface area contributed by atoms with Gasteiger partial charge in [-0.05, 0) is 12.1 Å². The molecule has 1 N–H and O–H groups in total. The van der Waals surface area contributed by atoms with Crippen LogP contribution < -0.4 is 0 Å². The standard InChI is InChI=1S/C8H9NO4S/c10-5-6-14(13)8-3-1-7(2-4-8)9(11)12/h1-4,10H,5-6H2. The molecule has 0 amide bonds. The highest BCUT2D eigenvalue weighted by Gasteiger charge is 2.07. The van der Waals surface area contributed by atoms with Gasteiger partial charge in [0.1, 0.15) is 0 Å². The van der Waals surface area contributed by atoms with E-state index in [-0.39, 0.29) is 18.0 Å². The first-order valence-electron chi connectivity index (χ1n) is 3.89. The molecule has 0 heterocycles. The monoisotopic (exact) mass is 215 g/mol. The molecule has 0 aliphatic carbocycles. The van der Waals surface area contributed by atoms with E-state index < -0.39 is 15.7 Å². The Balaban J connectivity index is 2.83. The lowest BCUT2D eigenvalue weighted by molar-refractivity contribution is -0.384. The molecule has 0 aliphatic heterocycles. The Kier molecular flexibility index (Phi) is 3.73. The Morgan fingerprint density at radius 1 is 1.36 bits per heavy atom. The summed E-state index contributed by atoms with van der Waals surface area (Å²) >= 11 is 0. The van der Waals surface area contributed by atoms with E-state index in [2.05, 4.69) is 0 Å². The fourth-order valence-corrected chi connectivity index (χ4v) is 1.76. The van der Waals surface area contributed by atoms with Gasteiger partial charge in [0.15, 0.2) is 0 Å². The summed E-state index contributed by atoms with van der Waals surface area (Å²) in [6.07, 6.45) is 0. The van der Waals surface area contributed by atoms with Gasteiger partial charge in [-0.3, -0.25) is 14.3 Å². The molecule has 0 saturated heterocycles. The molecule has 0 saturated carbocycles. The minimum Gasteiger partial charge on any atom is -0.395 e. The van der Waals surface area contributed by atoms with Gasteiger partial charge >= 0.3 is 0 Å². The van der Waals surface area contributed by atoms with Crippen molar-refractivity contribution in [3.8, 4) is 0 Å². The first-order valence-corrected chi connectivity index (χ1v) is 5.20. The van der Waals surface area contributed by atoms with Gasteiger partial charge in [0.2, 0.25) is 0 Å². The second-order valence-corrected chi connectivity index (χ2v) is 4.09. The Morgan fingerprint density at radius 2 is 1.93 bits per heavy atom. The zero-order chi connectivity index (χ0) is 10.6. The van der Waals surface area contributed by atoms with Crippen molar-refractivity contribution in [2.45, 2.75) is 4.90 Å². The first-order chi connectivity index (χ1) is 6.65. The first kappa shape index (κ1) is 10.8. The maximum Gasteiger partial charge on any atom is 0.269 e. The third-order valence-corrected chi connectivity index (χ3v) is 2.94. The third-order valence-electron chi connectivity index (χ3n) is 1.59. The van der Waals surface area contributed by atoms with Crippen LogP contribution >= 0.6 is 0 Å². The normalized spacial score (nSPS) is 12.4. The lowest BCUT2D eigenvalue weighted by Crippen LogP contribution is -2.02. The summed E-state index contributed by atoms with van der Waals surface area (Å²) in [5.74, 6) is 0.151. The van der Waals surface area contributed by atoms with Gasteiger partial charge in [-0.25, -0.2) is 0 Å². The quantitative estimate of drug-likeness (QED) is 0.592. The van der Waals surface area contributed by atoms with Crippen molar-refractivity contribution >= 4 is 16.5 Å². The van der Waals surface area contributed by atoms with E-state index in [1.54, 1.807) is 0 Å². The molecule has 0 aromatic heterocycles. The van der Waals surface area contributed by atoms with Crippen LogP contribution in [0.15, 0.2) is 29.2 Å². The van der Waals surface area contributed by atoms with Gasteiger partial charge in [0, 0.05) is 17.0 Å². The van der Waals surface area contributed by atoms with Gasteiger partial charge in [-0.2, -0.15) is 0 Å². The maximum atomic E-state index is 11.3. The van der Waals surface area contributed by atoms with Crippen LogP contribution in [0.1, 0.15) is 0 Å². The van der Waals surface area contributed by atoms with Crippen LogP contribution in [-0.4, -0.2) is 26.6 Å². The molecule has 1 aromatic rings. The maximum absolute atomic E-state index is 11.3. The second-order valence-electron chi connectivity index (χ2n) is 2.52. The SMILES string of the molecule is O=[N+]([O-])c1ccc(S(=O)CCO)cc1. The molecule has 0 spiro atoms. The Morgan fingerprint density at radius 3 is 2.36 bits per heavy atom. The molecule has 1 unspecified atom stereocenters. The molecule has 0 radical (unpaired) electrons. The van der Waals surface area contributed by atoms with Crippen molar-refractivity contribution in [3.63, 3.8) is 0 Å². The predicted octanol–water partition coefficient (Wildman–Crippen LogP) is 0.695. The Hall–Kier alpha value is -1.27. The third kappa shape index (κ3) is 2.61. The van der Waals surface area contributed by atoms with Crippen LogP contribution in [0.25, 0.3) is 0 Å². The Bertz CT molecular complexity index is 349. The molecular formula is C8H9NO4S. The topological polar surface area (TPSA) is 80.4 Å². The van der Waals surface area contributed by atoms with E-state index >= 15 is 0 Å². The van der Waals surface area contributed by atoms with E-state index in [0.717, 1.165) is 0 Å². The van der Waals surface area contributed by atoms with Crippen molar-refractivity contribution in [2.75, 3.05) is 12.4 Å². The number of benzene rings is 1. The fraction of sp³-hybridized carbons (Fsp3) is 0.250. The fourth-order valence-electron chi connectivity index (χ4n) is 0.920. The van der Waals surface area contributed by atoms with Crippen LogP contribution in [-0.2, 0) is 10.8 Å². The number of hydrogen-bond acceptors (Lipinski definition) is 4. The van der Waals surface area contributed by atoms with E-state index in [0.29, 0.717) is 4.90 Å². The van der Waals surface area contributed by atoms with Crippen molar-refractivity contribution in [1.82, 2.24) is 0 Å². The van der Waals surface area contributed by atoms with Gasteiger partial charge < -0.3 is 5.11 Å². The summed E-state index contributed by atoms with van der Waals surface area (Å²) in [6, 6.07) is 5.46. The molecule has 1 atom stereocenters. The van der Waals surface area contributed by atoms with Crippen molar-refractivity contribution in [1.29, 1.82) is 0 Å². The van der Waals surface area contributed by atoms with Crippen molar-refractivity contribution in [2.24, 2.45) is 0 Å². The smallest absolute Gasteiger partial charge is 0.269 e. The zero-order valence-electron chi connectivity index (χ0n) is 7.25. The van der Waals surface area contributed by atoms with Crippen LogP contribution in [0.2, 0.25) is 0 Å². The number of rotatable bonds is 4. The molecule has 1 aromatic carbocycles. The Labute approximate surface area is 83.0 Å². The summed E-state index contributed by atoms with van der Waals surface area (Å²) in [6.45, 7) is -0.163. The molecule has 0 aliphatic rings. The average Bonchev–Trinajstić information content (AvgIpc) is 2.18. The average molecular weight is 215 g/mol. The van der Waals surface area contributed by atoms with Crippen LogP contribution in [0.4, 0.5) is 5.69 Å². The highest BCUT2D eigenvalue weighted by molar-refractivity contribution is 7.85. The molecule has 6 heteroatoms. The number of non-ortho nitro benzene ring substituents is 1. The molecule has 0 fully saturated rings. The summed E-state index contributed by atoms with van der Waals surface area (Å²) in [7, 11) is -1.28. The van der Waals surface area contributed by atoms with Crippen LogP contribution in [0.5, 0.6) is 0 Å². The molecule has 76 valence electrons. The molecule has 5 nitrogen and oxygen atoms in total. The van der Waals surface area contributed by atoms with E-state index in [4.69, 9.17) is 5.11 Å². The summed E-state index contributed by atoms with van der Waals surface area (Å²) in [5, 5.41) is 18.8. The van der Waals surface area contributed by atoms with Gasteiger partial charge in [-0.15, -0.1) is 0 Å². The van der Waals surface area contributed by atoms with Gasteiger partial charge in [-0.1, -0.05) is 0 Å². The van der Waals surface area contributed by atoms with Crippen LogP contribution in [0, 0.1) is 10.1 Å².